The van der Waals surface area contributed by atoms with Crippen molar-refractivity contribution < 1.29 is 19.7 Å². The fourth-order valence-electron chi connectivity index (χ4n) is 3.78. The second-order valence-electron chi connectivity index (χ2n) is 6.85. The standard InChI is InChI=1S/C25H26O4/c1-18(17-26)24(27)25(19-7-5-4-6-8-19,20-9-13-22(28-2)14-10-20)21-11-15-23(29-3)16-12-21/h4-16,24,26-27H,1,17H2,2-3H3. The molecule has 0 bridgehead atoms. The minimum atomic E-state index is -1.06. The van der Waals surface area contributed by atoms with Crippen LogP contribution in [-0.2, 0) is 5.41 Å². The van der Waals surface area contributed by atoms with Crippen molar-refractivity contribution >= 4 is 0 Å². The molecular formula is C25H26O4. The fraction of sp³-hybridized carbons (Fsp3) is 0.200. The first kappa shape index (κ1) is 20.6. The first-order valence-corrected chi connectivity index (χ1v) is 9.39. The number of methoxy groups -OCH3 is 2. The van der Waals surface area contributed by atoms with Crippen LogP contribution in [0.15, 0.2) is 91.0 Å². The average molecular weight is 390 g/mol. The molecular weight excluding hydrogens is 364 g/mol. The largest absolute Gasteiger partial charge is 0.497 e. The van der Waals surface area contributed by atoms with Gasteiger partial charge in [0.25, 0.3) is 0 Å². The van der Waals surface area contributed by atoms with Crippen LogP contribution in [0.1, 0.15) is 16.7 Å². The van der Waals surface area contributed by atoms with E-state index < -0.39 is 11.5 Å². The lowest BCUT2D eigenvalue weighted by molar-refractivity contribution is 0.140. The molecule has 4 nitrogen and oxygen atoms in total. The van der Waals surface area contributed by atoms with Gasteiger partial charge >= 0.3 is 0 Å². The molecule has 1 atom stereocenters. The maximum absolute atomic E-state index is 11.5. The molecule has 0 heterocycles. The van der Waals surface area contributed by atoms with Gasteiger partial charge in [0, 0.05) is 0 Å². The van der Waals surface area contributed by atoms with Gasteiger partial charge in [0.15, 0.2) is 0 Å². The monoisotopic (exact) mass is 390 g/mol. The molecule has 3 rings (SSSR count). The molecule has 0 amide bonds. The Kier molecular flexibility index (Phi) is 6.37. The van der Waals surface area contributed by atoms with Crippen LogP contribution in [0.3, 0.4) is 0 Å². The normalized spacial score (nSPS) is 12.3. The summed E-state index contributed by atoms with van der Waals surface area (Å²) in [5.74, 6) is 1.45. The molecule has 3 aromatic rings. The fourth-order valence-corrected chi connectivity index (χ4v) is 3.78. The summed E-state index contributed by atoms with van der Waals surface area (Å²) in [6, 6.07) is 25.0. The van der Waals surface area contributed by atoms with Crippen LogP contribution in [0.4, 0.5) is 0 Å². The van der Waals surface area contributed by atoms with Gasteiger partial charge in [-0.1, -0.05) is 61.2 Å². The molecule has 1 unspecified atom stereocenters. The predicted octanol–water partition coefficient (Wildman–Crippen LogP) is 3.95. The molecule has 0 aromatic heterocycles. The van der Waals surface area contributed by atoms with E-state index in [1.165, 1.54) is 0 Å². The molecule has 0 radical (unpaired) electrons. The number of aliphatic hydroxyl groups is 2. The maximum atomic E-state index is 11.5. The number of ether oxygens (including phenoxy) is 2. The SMILES string of the molecule is C=C(CO)C(O)C(c1ccccc1)(c1ccc(OC)cc1)c1ccc(OC)cc1. The zero-order valence-electron chi connectivity index (χ0n) is 16.7. The molecule has 4 heteroatoms. The van der Waals surface area contributed by atoms with Gasteiger partial charge in [0.2, 0.25) is 0 Å². The zero-order chi connectivity index (χ0) is 20.9. The first-order valence-electron chi connectivity index (χ1n) is 9.39. The van der Waals surface area contributed by atoms with Crippen molar-refractivity contribution in [3.63, 3.8) is 0 Å². The molecule has 0 aliphatic heterocycles. The van der Waals surface area contributed by atoms with Crippen molar-refractivity contribution in [1.82, 2.24) is 0 Å². The van der Waals surface area contributed by atoms with E-state index in [-0.39, 0.29) is 6.61 Å². The highest BCUT2D eigenvalue weighted by Crippen LogP contribution is 2.45. The summed E-state index contributed by atoms with van der Waals surface area (Å²) >= 11 is 0. The van der Waals surface area contributed by atoms with Crippen molar-refractivity contribution in [2.75, 3.05) is 20.8 Å². The Bertz CT molecular complexity index is 883. The van der Waals surface area contributed by atoms with Crippen LogP contribution in [0.2, 0.25) is 0 Å². The third-order valence-corrected chi connectivity index (χ3v) is 5.32. The lowest BCUT2D eigenvalue weighted by Gasteiger charge is -2.40. The summed E-state index contributed by atoms with van der Waals surface area (Å²) in [5.41, 5.74) is 1.96. The van der Waals surface area contributed by atoms with Crippen molar-refractivity contribution in [2.45, 2.75) is 11.5 Å². The van der Waals surface area contributed by atoms with E-state index >= 15 is 0 Å². The van der Waals surface area contributed by atoms with E-state index in [1.54, 1.807) is 14.2 Å². The highest BCUT2D eigenvalue weighted by molar-refractivity contribution is 5.55. The second-order valence-corrected chi connectivity index (χ2v) is 6.85. The molecule has 0 aliphatic carbocycles. The lowest BCUT2D eigenvalue weighted by Crippen LogP contribution is -2.43. The lowest BCUT2D eigenvalue weighted by atomic mass is 9.64. The second kappa shape index (κ2) is 8.95. The van der Waals surface area contributed by atoms with Gasteiger partial charge in [-0.15, -0.1) is 0 Å². The number of aliphatic hydroxyl groups excluding tert-OH is 2. The van der Waals surface area contributed by atoms with Gasteiger partial charge in [0.05, 0.1) is 32.3 Å². The van der Waals surface area contributed by atoms with E-state index in [0.29, 0.717) is 5.57 Å². The van der Waals surface area contributed by atoms with Gasteiger partial charge in [-0.25, -0.2) is 0 Å². The third kappa shape index (κ3) is 3.77. The van der Waals surface area contributed by atoms with Crippen molar-refractivity contribution in [3.8, 4) is 11.5 Å². The van der Waals surface area contributed by atoms with Crippen LogP contribution >= 0.6 is 0 Å². The third-order valence-electron chi connectivity index (χ3n) is 5.32. The smallest absolute Gasteiger partial charge is 0.118 e. The summed E-state index contributed by atoms with van der Waals surface area (Å²) in [7, 11) is 3.23. The minimum absolute atomic E-state index is 0.317. The maximum Gasteiger partial charge on any atom is 0.118 e. The number of rotatable bonds is 8. The Morgan fingerprint density at radius 2 is 1.21 bits per heavy atom. The highest BCUT2D eigenvalue weighted by atomic mass is 16.5. The Morgan fingerprint density at radius 3 is 1.59 bits per heavy atom. The van der Waals surface area contributed by atoms with Crippen LogP contribution in [0.5, 0.6) is 11.5 Å². The number of hydrogen-bond donors (Lipinski definition) is 2. The van der Waals surface area contributed by atoms with Crippen LogP contribution in [-0.4, -0.2) is 37.1 Å². The summed E-state index contributed by atoms with van der Waals surface area (Å²) in [4.78, 5) is 0. The minimum Gasteiger partial charge on any atom is -0.497 e. The number of benzene rings is 3. The summed E-state index contributed by atoms with van der Waals surface area (Å²) < 4.78 is 10.6. The molecule has 0 saturated heterocycles. The number of hydrogen-bond acceptors (Lipinski definition) is 4. The topological polar surface area (TPSA) is 58.9 Å². The van der Waals surface area contributed by atoms with E-state index in [9.17, 15) is 10.2 Å². The summed E-state index contributed by atoms with van der Waals surface area (Å²) in [5, 5.41) is 21.3. The van der Waals surface area contributed by atoms with Crippen LogP contribution in [0.25, 0.3) is 0 Å². The van der Waals surface area contributed by atoms with E-state index in [1.807, 2.05) is 78.9 Å². The Balaban J connectivity index is 2.35. The van der Waals surface area contributed by atoms with Crippen LogP contribution in [0, 0.1) is 0 Å². The molecule has 29 heavy (non-hydrogen) atoms. The van der Waals surface area contributed by atoms with Gasteiger partial charge in [-0.3, -0.25) is 0 Å². The van der Waals surface area contributed by atoms with E-state index in [4.69, 9.17) is 9.47 Å². The molecule has 3 aromatic carbocycles. The zero-order valence-corrected chi connectivity index (χ0v) is 16.7. The molecule has 0 spiro atoms. The van der Waals surface area contributed by atoms with Gasteiger partial charge in [0.1, 0.15) is 11.5 Å². The van der Waals surface area contributed by atoms with Crippen molar-refractivity contribution in [1.29, 1.82) is 0 Å². The van der Waals surface area contributed by atoms with Crippen molar-refractivity contribution in [2.24, 2.45) is 0 Å². The average Bonchev–Trinajstić information content (AvgIpc) is 2.80. The van der Waals surface area contributed by atoms with Crippen molar-refractivity contribution in [3.05, 3.63) is 108 Å². The van der Waals surface area contributed by atoms with Crippen LogP contribution < -0.4 is 9.47 Å². The quantitative estimate of drug-likeness (QED) is 0.452. The first-order chi connectivity index (χ1) is 14.1. The Labute approximate surface area is 171 Å². The summed E-state index contributed by atoms with van der Waals surface area (Å²) in [6.07, 6.45) is -1.06. The van der Waals surface area contributed by atoms with Gasteiger partial charge < -0.3 is 19.7 Å². The van der Waals surface area contributed by atoms with Gasteiger partial charge in [-0.05, 0) is 46.5 Å². The molecule has 2 N–H and O–H groups in total. The summed E-state index contributed by atoms with van der Waals surface area (Å²) in [6.45, 7) is 3.62. The Hall–Kier alpha value is -3.08. The predicted molar refractivity (Wildman–Crippen MR) is 115 cm³/mol. The molecule has 0 aliphatic rings. The molecule has 0 saturated carbocycles. The molecule has 0 fully saturated rings. The van der Waals surface area contributed by atoms with E-state index in [2.05, 4.69) is 6.58 Å². The molecule has 150 valence electrons. The van der Waals surface area contributed by atoms with Gasteiger partial charge in [-0.2, -0.15) is 0 Å². The Morgan fingerprint density at radius 1 is 0.793 bits per heavy atom. The highest BCUT2D eigenvalue weighted by Gasteiger charge is 2.44. The van der Waals surface area contributed by atoms with E-state index in [0.717, 1.165) is 28.2 Å².